The zero-order valence-corrected chi connectivity index (χ0v) is 10.6. The van der Waals surface area contributed by atoms with Gasteiger partial charge in [0, 0.05) is 19.0 Å². The van der Waals surface area contributed by atoms with E-state index in [1.807, 2.05) is 4.90 Å². The minimum atomic E-state index is 0.271. The fourth-order valence-corrected chi connectivity index (χ4v) is 1.54. The Hall–Kier alpha value is -0.570. The number of nitrogens with zero attached hydrogens (tertiary/aromatic N) is 1. The third-order valence-electron chi connectivity index (χ3n) is 2.66. The third-order valence-corrected chi connectivity index (χ3v) is 2.66. The fourth-order valence-electron chi connectivity index (χ4n) is 1.54. The lowest BCUT2D eigenvalue weighted by molar-refractivity contribution is -0.133. The number of rotatable bonds is 7. The predicted octanol–water partition coefficient (Wildman–Crippen LogP) is 2.01. The van der Waals surface area contributed by atoms with Crippen molar-refractivity contribution in [3.63, 3.8) is 0 Å². The van der Waals surface area contributed by atoms with Gasteiger partial charge in [0.1, 0.15) is 0 Å². The van der Waals surface area contributed by atoms with Gasteiger partial charge in [-0.1, -0.05) is 13.8 Å². The first-order valence-electron chi connectivity index (χ1n) is 6.02. The molecule has 0 aliphatic carbocycles. The van der Waals surface area contributed by atoms with E-state index in [0.29, 0.717) is 24.9 Å². The van der Waals surface area contributed by atoms with E-state index in [9.17, 15) is 4.79 Å². The maximum atomic E-state index is 11.9. The Morgan fingerprint density at radius 1 is 1.33 bits per heavy atom. The largest absolute Gasteiger partial charge is 0.340 e. The summed E-state index contributed by atoms with van der Waals surface area (Å²) in [7, 11) is 0. The Balaban J connectivity index is 4.03. The maximum absolute atomic E-state index is 11.9. The van der Waals surface area contributed by atoms with Gasteiger partial charge in [0.2, 0.25) is 5.91 Å². The molecule has 0 fully saturated rings. The summed E-state index contributed by atoms with van der Waals surface area (Å²) in [6, 6.07) is 0.311. The van der Waals surface area contributed by atoms with E-state index in [1.165, 1.54) is 0 Å². The zero-order chi connectivity index (χ0) is 11.8. The van der Waals surface area contributed by atoms with Crippen LogP contribution in [-0.2, 0) is 4.79 Å². The van der Waals surface area contributed by atoms with Gasteiger partial charge in [0.25, 0.3) is 0 Å². The molecule has 90 valence electrons. The first-order chi connectivity index (χ1) is 7.02. The van der Waals surface area contributed by atoms with Gasteiger partial charge in [-0.05, 0) is 39.2 Å². The van der Waals surface area contributed by atoms with Crippen molar-refractivity contribution in [2.45, 2.75) is 53.0 Å². The molecule has 1 amide bonds. The highest BCUT2D eigenvalue weighted by Crippen LogP contribution is 2.09. The lowest BCUT2D eigenvalue weighted by atomic mass is 10.1. The molecule has 3 nitrogen and oxygen atoms in total. The number of carbonyl (C=O) groups excluding carboxylic acids is 1. The van der Waals surface area contributed by atoms with Gasteiger partial charge in [-0.2, -0.15) is 0 Å². The molecule has 0 saturated heterocycles. The van der Waals surface area contributed by atoms with E-state index in [1.54, 1.807) is 0 Å². The molecule has 0 aliphatic rings. The minimum absolute atomic E-state index is 0.271. The molecule has 0 saturated carbocycles. The van der Waals surface area contributed by atoms with Gasteiger partial charge in [-0.15, -0.1) is 0 Å². The molecule has 0 aromatic heterocycles. The van der Waals surface area contributed by atoms with Gasteiger partial charge in [-0.25, -0.2) is 0 Å². The van der Waals surface area contributed by atoms with Gasteiger partial charge in [-0.3, -0.25) is 4.79 Å². The van der Waals surface area contributed by atoms with E-state index in [0.717, 1.165) is 19.4 Å². The molecule has 3 heteroatoms. The SMILES string of the molecule is CCCN(C(=O)CCC(C)CN)C(C)C. The highest BCUT2D eigenvalue weighted by molar-refractivity contribution is 5.76. The summed E-state index contributed by atoms with van der Waals surface area (Å²) in [6.45, 7) is 9.87. The Kier molecular flexibility index (Phi) is 7.39. The van der Waals surface area contributed by atoms with Crippen molar-refractivity contribution in [3.05, 3.63) is 0 Å². The fraction of sp³-hybridized carbons (Fsp3) is 0.917. The highest BCUT2D eigenvalue weighted by atomic mass is 16.2. The van der Waals surface area contributed by atoms with Crippen LogP contribution in [0.15, 0.2) is 0 Å². The maximum Gasteiger partial charge on any atom is 0.222 e. The van der Waals surface area contributed by atoms with Crippen molar-refractivity contribution < 1.29 is 4.79 Å². The molecule has 0 aromatic carbocycles. The lowest BCUT2D eigenvalue weighted by Gasteiger charge is -2.26. The summed E-state index contributed by atoms with van der Waals surface area (Å²) in [5.41, 5.74) is 5.53. The summed E-state index contributed by atoms with van der Waals surface area (Å²) < 4.78 is 0. The van der Waals surface area contributed by atoms with Crippen molar-refractivity contribution in [1.29, 1.82) is 0 Å². The summed E-state index contributed by atoms with van der Waals surface area (Å²) in [5, 5.41) is 0. The smallest absolute Gasteiger partial charge is 0.222 e. The third kappa shape index (κ3) is 5.78. The number of nitrogens with two attached hydrogens (primary N) is 1. The van der Waals surface area contributed by atoms with Gasteiger partial charge >= 0.3 is 0 Å². The summed E-state index contributed by atoms with van der Waals surface area (Å²) >= 11 is 0. The number of hydrogen-bond donors (Lipinski definition) is 1. The Bertz CT molecular complexity index is 180. The van der Waals surface area contributed by atoms with Crippen LogP contribution in [0, 0.1) is 5.92 Å². The molecule has 15 heavy (non-hydrogen) atoms. The number of amides is 1. The molecule has 0 aromatic rings. The quantitative estimate of drug-likeness (QED) is 0.704. The minimum Gasteiger partial charge on any atom is -0.340 e. The Morgan fingerprint density at radius 2 is 1.93 bits per heavy atom. The summed E-state index contributed by atoms with van der Waals surface area (Å²) in [5.74, 6) is 0.719. The second-order valence-corrected chi connectivity index (χ2v) is 4.56. The normalized spacial score (nSPS) is 12.9. The molecular formula is C12H26N2O. The van der Waals surface area contributed by atoms with Crippen LogP contribution < -0.4 is 5.73 Å². The van der Waals surface area contributed by atoms with Gasteiger partial charge in [0.15, 0.2) is 0 Å². The average molecular weight is 214 g/mol. The van der Waals surface area contributed by atoms with Crippen LogP contribution in [-0.4, -0.2) is 29.9 Å². The predicted molar refractivity (Wildman–Crippen MR) is 64.6 cm³/mol. The molecule has 0 spiro atoms. The van der Waals surface area contributed by atoms with Crippen LogP contribution >= 0.6 is 0 Å². The van der Waals surface area contributed by atoms with Crippen molar-refractivity contribution in [2.75, 3.05) is 13.1 Å². The van der Waals surface area contributed by atoms with E-state index >= 15 is 0 Å². The van der Waals surface area contributed by atoms with Crippen LogP contribution in [0.2, 0.25) is 0 Å². The van der Waals surface area contributed by atoms with Crippen LogP contribution in [0.1, 0.15) is 47.0 Å². The molecule has 1 atom stereocenters. The molecule has 0 aliphatic heterocycles. The van der Waals surface area contributed by atoms with E-state index < -0.39 is 0 Å². The summed E-state index contributed by atoms with van der Waals surface area (Å²) in [4.78, 5) is 13.8. The van der Waals surface area contributed by atoms with Crippen LogP contribution in [0.25, 0.3) is 0 Å². The Morgan fingerprint density at radius 3 is 2.33 bits per heavy atom. The topological polar surface area (TPSA) is 46.3 Å². The van der Waals surface area contributed by atoms with Crippen molar-refractivity contribution in [2.24, 2.45) is 11.7 Å². The molecule has 0 bridgehead atoms. The van der Waals surface area contributed by atoms with Gasteiger partial charge in [0.05, 0.1) is 0 Å². The first kappa shape index (κ1) is 14.4. The molecule has 1 unspecified atom stereocenters. The number of hydrogen-bond acceptors (Lipinski definition) is 2. The van der Waals surface area contributed by atoms with Crippen LogP contribution in [0.5, 0.6) is 0 Å². The second-order valence-electron chi connectivity index (χ2n) is 4.56. The highest BCUT2D eigenvalue weighted by Gasteiger charge is 2.16. The van der Waals surface area contributed by atoms with Gasteiger partial charge < -0.3 is 10.6 Å². The molecule has 0 radical (unpaired) electrons. The lowest BCUT2D eigenvalue weighted by Crippen LogP contribution is -2.37. The van der Waals surface area contributed by atoms with E-state index in [-0.39, 0.29) is 5.91 Å². The van der Waals surface area contributed by atoms with Crippen molar-refractivity contribution >= 4 is 5.91 Å². The Labute approximate surface area is 94.0 Å². The molecular weight excluding hydrogens is 188 g/mol. The number of carbonyl (C=O) groups is 1. The standard InChI is InChI=1S/C12H26N2O/c1-5-8-14(10(2)3)12(15)7-6-11(4)9-13/h10-11H,5-9,13H2,1-4H3. The zero-order valence-electron chi connectivity index (χ0n) is 10.6. The first-order valence-corrected chi connectivity index (χ1v) is 6.02. The molecule has 0 rings (SSSR count). The second kappa shape index (κ2) is 7.69. The van der Waals surface area contributed by atoms with Crippen LogP contribution in [0.4, 0.5) is 0 Å². The monoisotopic (exact) mass is 214 g/mol. The van der Waals surface area contributed by atoms with E-state index in [2.05, 4.69) is 27.7 Å². The molecule has 0 heterocycles. The van der Waals surface area contributed by atoms with E-state index in [4.69, 9.17) is 5.73 Å². The molecule has 2 N–H and O–H groups in total. The van der Waals surface area contributed by atoms with Crippen LogP contribution in [0.3, 0.4) is 0 Å². The average Bonchev–Trinajstić information content (AvgIpc) is 2.21. The van der Waals surface area contributed by atoms with Crippen molar-refractivity contribution in [1.82, 2.24) is 4.90 Å². The summed E-state index contributed by atoms with van der Waals surface area (Å²) in [6.07, 6.45) is 2.56. The van der Waals surface area contributed by atoms with Crippen molar-refractivity contribution in [3.8, 4) is 0 Å².